The smallest absolute Gasteiger partial charge is 0.294 e. The normalized spacial score (nSPS) is 11.8. The predicted molar refractivity (Wildman–Crippen MR) is 118 cm³/mol. The fourth-order valence-electron chi connectivity index (χ4n) is 2.87. The zero-order valence-corrected chi connectivity index (χ0v) is 18.5. The van der Waals surface area contributed by atoms with Crippen molar-refractivity contribution in [2.45, 2.75) is 23.6 Å². The molecule has 0 unspecified atom stereocenters. The fourth-order valence-corrected chi connectivity index (χ4v) is 3.83. The van der Waals surface area contributed by atoms with E-state index in [2.05, 4.69) is 15.6 Å². The van der Waals surface area contributed by atoms with Gasteiger partial charge in [0.15, 0.2) is 6.29 Å². The molecule has 32 heavy (non-hydrogen) atoms. The van der Waals surface area contributed by atoms with E-state index in [9.17, 15) is 21.6 Å². The number of nitrogens with one attached hydrogen (secondary N) is 2. The number of pyridine rings is 1. The van der Waals surface area contributed by atoms with Gasteiger partial charge < -0.3 is 10.6 Å². The number of aromatic nitrogens is 1. The third-order valence-electron chi connectivity index (χ3n) is 4.75. The zero-order valence-electron chi connectivity index (χ0n) is 16.9. The number of rotatable bonds is 7. The van der Waals surface area contributed by atoms with Gasteiger partial charge in [0.2, 0.25) is 0 Å². The highest BCUT2D eigenvalue weighted by Gasteiger charge is 2.16. The van der Waals surface area contributed by atoms with Gasteiger partial charge in [-0.15, -0.1) is 0 Å². The minimum atomic E-state index is -4.33. The van der Waals surface area contributed by atoms with Crippen LogP contribution in [0.4, 0.5) is 23.0 Å². The molecule has 2 aromatic carbocycles. The first-order valence-corrected chi connectivity index (χ1v) is 11.9. The number of nitrogens with zero attached hydrogens (tertiary/aromatic N) is 1. The summed E-state index contributed by atoms with van der Waals surface area (Å²) in [6.07, 6.45) is 0.648. The van der Waals surface area contributed by atoms with Crippen LogP contribution in [-0.2, 0) is 20.2 Å². The molecule has 4 N–H and O–H groups in total. The number of aldehydes is 1. The molecule has 0 aliphatic carbocycles. The van der Waals surface area contributed by atoms with Crippen molar-refractivity contribution in [3.05, 3.63) is 65.2 Å². The lowest BCUT2D eigenvalue weighted by atomic mass is 10.1. The summed E-state index contributed by atoms with van der Waals surface area (Å²) in [7, 11) is -8.65. The average molecular weight is 478 g/mol. The first kappa shape index (κ1) is 23.3. The van der Waals surface area contributed by atoms with Gasteiger partial charge in [-0.1, -0.05) is 0 Å². The monoisotopic (exact) mass is 477 g/mol. The van der Waals surface area contributed by atoms with E-state index in [1.807, 2.05) is 0 Å². The van der Waals surface area contributed by atoms with Crippen LogP contribution in [0.2, 0.25) is 0 Å². The van der Waals surface area contributed by atoms with Crippen molar-refractivity contribution >= 4 is 49.5 Å². The molecule has 0 saturated carbocycles. The summed E-state index contributed by atoms with van der Waals surface area (Å²) in [5.74, 6) is 0.601. The van der Waals surface area contributed by atoms with E-state index in [0.29, 0.717) is 40.2 Å². The fraction of sp³-hybridized carbons (Fsp3) is 0.100. The summed E-state index contributed by atoms with van der Waals surface area (Å²) < 4.78 is 63.0. The molecule has 0 aliphatic heterocycles. The van der Waals surface area contributed by atoms with Crippen LogP contribution in [-0.4, -0.2) is 37.2 Å². The van der Waals surface area contributed by atoms with E-state index in [-0.39, 0.29) is 15.6 Å². The number of hydrogen-bond acceptors (Lipinski definition) is 8. The summed E-state index contributed by atoms with van der Waals surface area (Å²) in [6.45, 7) is 3.49. The summed E-state index contributed by atoms with van der Waals surface area (Å²) in [6, 6.07) is 10.6. The van der Waals surface area contributed by atoms with E-state index >= 15 is 0 Å². The topological polar surface area (TPSA) is 163 Å². The second kappa shape index (κ2) is 8.67. The van der Waals surface area contributed by atoms with Gasteiger partial charge in [-0.2, -0.15) is 16.8 Å². The molecule has 0 spiro atoms. The number of carbonyl (C=O) groups is 1. The first-order chi connectivity index (χ1) is 14.9. The third kappa shape index (κ3) is 5.11. The summed E-state index contributed by atoms with van der Waals surface area (Å²) >= 11 is 0. The molecule has 0 bridgehead atoms. The van der Waals surface area contributed by atoms with Gasteiger partial charge in [-0.3, -0.25) is 13.9 Å². The molecule has 0 radical (unpaired) electrons. The lowest BCUT2D eigenvalue weighted by Gasteiger charge is -2.17. The van der Waals surface area contributed by atoms with Gasteiger partial charge in [0.25, 0.3) is 20.2 Å². The molecule has 0 fully saturated rings. The molecule has 1 heterocycles. The van der Waals surface area contributed by atoms with E-state index in [0.717, 1.165) is 0 Å². The lowest BCUT2D eigenvalue weighted by Crippen LogP contribution is -2.07. The average Bonchev–Trinajstić information content (AvgIpc) is 2.71. The Morgan fingerprint density at radius 2 is 1.12 bits per heavy atom. The Hall–Kier alpha value is -3.32. The SMILES string of the molecule is Cc1c(Nc2ccc(S(=O)(=O)O)cc2)nc(Nc2ccc(S(=O)(=O)O)cc2)c(C=O)c1C. The standard InChI is InChI=1S/C20H19N3O7S2/c1-12-13(2)19(21-14-3-7-16(8-4-14)31(25,26)27)23-20(18(12)11-24)22-15-5-9-17(10-6-15)32(28,29)30/h3-11H,1-2H3,(H2,21,22,23)(H,25,26,27)(H,28,29,30). The van der Waals surface area contributed by atoms with Crippen LogP contribution in [0.1, 0.15) is 21.5 Å². The van der Waals surface area contributed by atoms with Crippen molar-refractivity contribution in [1.82, 2.24) is 4.98 Å². The van der Waals surface area contributed by atoms with E-state index in [1.54, 1.807) is 13.8 Å². The molecule has 3 aromatic rings. The van der Waals surface area contributed by atoms with E-state index in [1.165, 1.54) is 48.5 Å². The number of hydrogen-bond donors (Lipinski definition) is 4. The zero-order chi connectivity index (χ0) is 23.7. The second-order valence-electron chi connectivity index (χ2n) is 6.84. The summed E-state index contributed by atoms with van der Waals surface area (Å²) in [4.78, 5) is 15.6. The van der Waals surface area contributed by atoms with E-state index in [4.69, 9.17) is 9.11 Å². The maximum absolute atomic E-state index is 11.7. The lowest BCUT2D eigenvalue weighted by molar-refractivity contribution is 0.112. The van der Waals surface area contributed by atoms with E-state index < -0.39 is 20.2 Å². The Kier molecular flexibility index (Phi) is 6.32. The van der Waals surface area contributed by atoms with Gasteiger partial charge >= 0.3 is 0 Å². The minimum Gasteiger partial charge on any atom is -0.340 e. The molecule has 0 amide bonds. The van der Waals surface area contributed by atoms with Gasteiger partial charge in [0, 0.05) is 11.4 Å². The van der Waals surface area contributed by atoms with Crippen molar-refractivity contribution in [2.75, 3.05) is 10.6 Å². The molecule has 0 atom stereocenters. The number of anilines is 4. The van der Waals surface area contributed by atoms with Gasteiger partial charge in [-0.05, 0) is 73.5 Å². The summed E-state index contributed by atoms with van der Waals surface area (Å²) in [5, 5.41) is 6.00. The molecular formula is C20H19N3O7S2. The number of benzene rings is 2. The van der Waals surface area contributed by atoms with Crippen LogP contribution < -0.4 is 10.6 Å². The Morgan fingerprint density at radius 3 is 1.50 bits per heavy atom. The quantitative estimate of drug-likeness (QED) is 0.292. The van der Waals surface area contributed by atoms with Crippen molar-refractivity contribution in [1.29, 1.82) is 0 Å². The van der Waals surface area contributed by atoms with Crippen LogP contribution >= 0.6 is 0 Å². The van der Waals surface area contributed by atoms with Gasteiger partial charge in [0.1, 0.15) is 11.6 Å². The highest BCUT2D eigenvalue weighted by Crippen LogP contribution is 2.30. The van der Waals surface area contributed by atoms with Crippen LogP contribution in [0.15, 0.2) is 58.3 Å². The Morgan fingerprint density at radius 1 is 0.719 bits per heavy atom. The molecule has 168 valence electrons. The molecular weight excluding hydrogens is 458 g/mol. The minimum absolute atomic E-state index is 0.208. The number of carbonyl (C=O) groups excluding carboxylic acids is 1. The molecule has 3 rings (SSSR count). The molecule has 12 heteroatoms. The Labute approximate surface area is 184 Å². The van der Waals surface area contributed by atoms with Gasteiger partial charge in [-0.25, -0.2) is 4.98 Å². The van der Waals surface area contributed by atoms with Crippen molar-refractivity contribution in [2.24, 2.45) is 0 Å². The maximum atomic E-state index is 11.7. The highest BCUT2D eigenvalue weighted by atomic mass is 32.2. The Bertz CT molecular complexity index is 1380. The Balaban J connectivity index is 1.96. The van der Waals surface area contributed by atoms with Crippen LogP contribution in [0, 0.1) is 13.8 Å². The maximum Gasteiger partial charge on any atom is 0.294 e. The van der Waals surface area contributed by atoms with Crippen molar-refractivity contribution < 1.29 is 30.7 Å². The van der Waals surface area contributed by atoms with Crippen molar-refractivity contribution in [3.63, 3.8) is 0 Å². The van der Waals surface area contributed by atoms with Crippen LogP contribution in [0.3, 0.4) is 0 Å². The molecule has 1 aromatic heterocycles. The van der Waals surface area contributed by atoms with Crippen molar-refractivity contribution in [3.8, 4) is 0 Å². The molecule has 0 aliphatic rings. The largest absolute Gasteiger partial charge is 0.340 e. The second-order valence-corrected chi connectivity index (χ2v) is 9.68. The molecule has 0 saturated heterocycles. The predicted octanol–water partition coefficient (Wildman–Crippen LogP) is 3.49. The molecule has 10 nitrogen and oxygen atoms in total. The van der Waals surface area contributed by atoms with Crippen LogP contribution in [0.25, 0.3) is 0 Å². The third-order valence-corrected chi connectivity index (χ3v) is 6.48. The van der Waals surface area contributed by atoms with Gasteiger partial charge in [0.05, 0.1) is 15.4 Å². The highest BCUT2D eigenvalue weighted by molar-refractivity contribution is 7.86. The van der Waals surface area contributed by atoms with Crippen LogP contribution in [0.5, 0.6) is 0 Å². The summed E-state index contributed by atoms with van der Waals surface area (Å²) in [5.41, 5.74) is 2.55. The first-order valence-electron chi connectivity index (χ1n) is 9.05.